The zero-order valence-corrected chi connectivity index (χ0v) is 19.4. The molecule has 2 heterocycles. The number of aromatic nitrogens is 3. The van der Waals surface area contributed by atoms with E-state index in [0.717, 1.165) is 16.9 Å². The molecule has 3 aromatic rings. The highest BCUT2D eigenvalue weighted by atomic mass is 16.3. The number of nitrogens with zero attached hydrogens (tertiary/aromatic N) is 5. The highest BCUT2D eigenvalue weighted by molar-refractivity contribution is 5.74. The fourth-order valence-electron chi connectivity index (χ4n) is 6.09. The minimum absolute atomic E-state index is 0.128. The zero-order valence-electron chi connectivity index (χ0n) is 19.4. The van der Waals surface area contributed by atoms with Gasteiger partial charge in [-0.25, -0.2) is 4.98 Å². The number of fused-ring (bicyclic) bond motifs is 2. The molecule has 2 saturated carbocycles. The van der Waals surface area contributed by atoms with Crippen LogP contribution in [0.3, 0.4) is 0 Å². The molecule has 0 amide bonds. The minimum Gasteiger partial charge on any atom is -0.507 e. The highest BCUT2D eigenvalue weighted by Gasteiger charge is 2.49. The van der Waals surface area contributed by atoms with E-state index in [4.69, 9.17) is 5.26 Å². The van der Waals surface area contributed by atoms with E-state index in [1.165, 1.54) is 32.1 Å². The van der Waals surface area contributed by atoms with Gasteiger partial charge < -0.3 is 10.0 Å². The Morgan fingerprint density at radius 1 is 1.00 bits per heavy atom. The Balaban J connectivity index is 1.36. The summed E-state index contributed by atoms with van der Waals surface area (Å²) in [4.78, 5) is 6.29. The first-order chi connectivity index (χ1) is 15.8. The number of hydrogen-bond donors (Lipinski definition) is 1. The van der Waals surface area contributed by atoms with Crippen LogP contribution in [-0.4, -0.2) is 33.4 Å². The van der Waals surface area contributed by atoms with Crippen LogP contribution in [0.25, 0.3) is 22.4 Å². The van der Waals surface area contributed by atoms with E-state index in [1.807, 2.05) is 36.4 Å². The number of nitriles is 1. The van der Waals surface area contributed by atoms with Crippen molar-refractivity contribution in [2.24, 2.45) is 10.8 Å². The van der Waals surface area contributed by atoms with E-state index in [-0.39, 0.29) is 5.75 Å². The maximum absolute atomic E-state index is 10.7. The summed E-state index contributed by atoms with van der Waals surface area (Å²) in [5, 5.41) is 28.7. The molecular formula is C27H29N5O. The van der Waals surface area contributed by atoms with Gasteiger partial charge in [-0.1, -0.05) is 19.9 Å². The summed E-state index contributed by atoms with van der Waals surface area (Å²) in [6.07, 6.45) is 7.98. The molecule has 1 unspecified atom stereocenters. The van der Waals surface area contributed by atoms with Gasteiger partial charge in [0.1, 0.15) is 17.5 Å². The van der Waals surface area contributed by atoms with Gasteiger partial charge in [0, 0.05) is 24.8 Å². The van der Waals surface area contributed by atoms with Crippen molar-refractivity contribution in [1.82, 2.24) is 15.2 Å². The van der Waals surface area contributed by atoms with Crippen LogP contribution in [-0.2, 0) is 0 Å². The maximum atomic E-state index is 10.7. The van der Waals surface area contributed by atoms with Crippen molar-refractivity contribution in [3.63, 3.8) is 0 Å². The average molecular weight is 440 g/mol. The van der Waals surface area contributed by atoms with Crippen LogP contribution in [0.5, 0.6) is 5.75 Å². The Bertz CT molecular complexity index is 1220. The molecule has 2 aromatic heterocycles. The summed E-state index contributed by atoms with van der Waals surface area (Å²) in [5.74, 6) is 0.997. The minimum atomic E-state index is 0.128. The van der Waals surface area contributed by atoms with Gasteiger partial charge in [0.05, 0.1) is 5.69 Å². The van der Waals surface area contributed by atoms with Crippen LogP contribution < -0.4 is 4.90 Å². The number of phenols is 1. The fraction of sp³-hybridized carbons (Fsp3) is 0.407. The van der Waals surface area contributed by atoms with Crippen molar-refractivity contribution in [3.05, 3.63) is 54.4 Å². The molecule has 33 heavy (non-hydrogen) atoms. The molecule has 2 bridgehead atoms. The second kappa shape index (κ2) is 7.84. The summed E-state index contributed by atoms with van der Waals surface area (Å²) in [7, 11) is 2.13. The molecule has 2 aliphatic rings. The van der Waals surface area contributed by atoms with Gasteiger partial charge >= 0.3 is 0 Å². The van der Waals surface area contributed by atoms with Gasteiger partial charge in [-0.05, 0) is 90.5 Å². The van der Waals surface area contributed by atoms with Crippen LogP contribution >= 0.6 is 0 Å². The Morgan fingerprint density at radius 2 is 1.73 bits per heavy atom. The normalized spacial score (nSPS) is 26.1. The van der Waals surface area contributed by atoms with Crippen LogP contribution in [0.2, 0.25) is 0 Å². The second-order valence-corrected chi connectivity index (χ2v) is 10.5. The number of phenolic OH excluding ortho intramolecular Hbond substituents is 1. The van der Waals surface area contributed by atoms with Crippen molar-refractivity contribution in [1.29, 1.82) is 5.26 Å². The molecule has 5 rings (SSSR count). The maximum Gasteiger partial charge on any atom is 0.151 e. The Hall–Kier alpha value is -3.46. The third-order valence-electron chi connectivity index (χ3n) is 7.68. The molecular weight excluding hydrogens is 410 g/mol. The first-order valence-corrected chi connectivity index (χ1v) is 11.5. The first-order valence-electron chi connectivity index (χ1n) is 11.5. The van der Waals surface area contributed by atoms with E-state index in [1.54, 1.807) is 18.3 Å². The lowest BCUT2D eigenvalue weighted by Gasteiger charge is -2.44. The van der Waals surface area contributed by atoms with Gasteiger partial charge in [0.15, 0.2) is 5.82 Å². The van der Waals surface area contributed by atoms with Crippen LogP contribution in [0.4, 0.5) is 5.82 Å². The highest BCUT2D eigenvalue weighted by Crippen LogP contribution is 2.58. The molecule has 1 aromatic carbocycles. The lowest BCUT2D eigenvalue weighted by atomic mass is 9.68. The SMILES string of the molecule is CN(c1ccc(-c2ccc(-c3ccnc(C#N)c3)cc2O)nn1)C1C[C@]2(C)CC[C@](C)(C1)C2. The van der Waals surface area contributed by atoms with Gasteiger partial charge in [-0.15, -0.1) is 10.2 Å². The van der Waals surface area contributed by atoms with Gasteiger partial charge in [-0.2, -0.15) is 5.26 Å². The van der Waals surface area contributed by atoms with E-state index in [2.05, 4.69) is 41.0 Å². The second-order valence-electron chi connectivity index (χ2n) is 10.5. The average Bonchev–Trinajstić information content (AvgIpc) is 3.05. The molecule has 2 aliphatic carbocycles. The van der Waals surface area contributed by atoms with E-state index in [9.17, 15) is 5.11 Å². The number of rotatable bonds is 4. The predicted molar refractivity (Wildman–Crippen MR) is 129 cm³/mol. The van der Waals surface area contributed by atoms with E-state index >= 15 is 0 Å². The lowest BCUT2D eigenvalue weighted by Crippen LogP contribution is -2.42. The quantitative estimate of drug-likeness (QED) is 0.571. The molecule has 3 atom stereocenters. The summed E-state index contributed by atoms with van der Waals surface area (Å²) in [6, 6.07) is 15.4. The van der Waals surface area contributed by atoms with Crippen LogP contribution in [0.1, 0.15) is 51.6 Å². The molecule has 0 saturated heterocycles. The number of pyridine rings is 1. The Kier molecular flexibility index (Phi) is 5.08. The molecule has 0 spiro atoms. The van der Waals surface area contributed by atoms with Gasteiger partial charge in [-0.3, -0.25) is 0 Å². The number of aromatic hydroxyl groups is 1. The topological polar surface area (TPSA) is 85.9 Å². The number of hydrogen-bond acceptors (Lipinski definition) is 6. The van der Waals surface area contributed by atoms with Crippen LogP contribution in [0.15, 0.2) is 48.7 Å². The summed E-state index contributed by atoms with van der Waals surface area (Å²) >= 11 is 0. The molecule has 1 N–H and O–H groups in total. The van der Waals surface area contributed by atoms with Gasteiger partial charge in [0.25, 0.3) is 0 Å². The van der Waals surface area contributed by atoms with Crippen LogP contribution in [0, 0.1) is 22.2 Å². The van der Waals surface area contributed by atoms with E-state index < -0.39 is 0 Å². The number of anilines is 1. The molecule has 168 valence electrons. The molecule has 0 aliphatic heterocycles. The summed E-state index contributed by atoms with van der Waals surface area (Å²) < 4.78 is 0. The monoisotopic (exact) mass is 439 g/mol. The molecule has 6 nitrogen and oxygen atoms in total. The Morgan fingerprint density at radius 3 is 2.36 bits per heavy atom. The van der Waals surface area contributed by atoms with Crippen molar-refractivity contribution in [2.75, 3.05) is 11.9 Å². The summed E-state index contributed by atoms with van der Waals surface area (Å²) in [6.45, 7) is 4.87. The standard InChI is InChI=1S/C27H29N5O/c1-26-9-10-27(2,17-26)15-21(14-26)32(3)25-7-6-23(30-31-25)22-5-4-18(13-24(22)33)19-8-11-29-20(12-19)16-28/h4-8,11-13,21,33H,9-10,14-15,17H2,1-3H3/t21?,26-,27+. The van der Waals surface area contributed by atoms with E-state index in [0.29, 0.717) is 33.8 Å². The third kappa shape index (κ3) is 4.04. The predicted octanol–water partition coefficient (Wildman–Crippen LogP) is 5.58. The largest absolute Gasteiger partial charge is 0.507 e. The zero-order chi connectivity index (χ0) is 23.2. The van der Waals surface area contributed by atoms with Gasteiger partial charge in [0.2, 0.25) is 0 Å². The lowest BCUT2D eigenvalue weighted by molar-refractivity contribution is 0.148. The fourth-order valence-corrected chi connectivity index (χ4v) is 6.09. The first kappa shape index (κ1) is 21.4. The number of benzene rings is 1. The third-order valence-corrected chi connectivity index (χ3v) is 7.68. The van der Waals surface area contributed by atoms with Crippen molar-refractivity contribution in [3.8, 4) is 34.2 Å². The molecule has 0 radical (unpaired) electrons. The summed E-state index contributed by atoms with van der Waals surface area (Å²) in [5.41, 5.74) is 4.13. The Labute approximate surface area is 194 Å². The van der Waals surface area contributed by atoms with Crippen molar-refractivity contribution in [2.45, 2.75) is 52.0 Å². The smallest absolute Gasteiger partial charge is 0.151 e. The molecule has 2 fully saturated rings. The van der Waals surface area contributed by atoms with Crippen molar-refractivity contribution < 1.29 is 5.11 Å². The molecule has 6 heteroatoms. The van der Waals surface area contributed by atoms with Crippen molar-refractivity contribution >= 4 is 5.82 Å².